The molecule has 0 fully saturated rings. The molecular formula is C9H6ClFO. The van der Waals surface area contributed by atoms with Gasteiger partial charge in [-0.15, -0.1) is 0 Å². The second-order valence-corrected chi connectivity index (χ2v) is 2.57. The molecule has 62 valence electrons. The van der Waals surface area contributed by atoms with Crippen LogP contribution in [-0.2, 0) is 4.79 Å². The van der Waals surface area contributed by atoms with Gasteiger partial charge in [-0.1, -0.05) is 23.7 Å². The largest absolute Gasteiger partial charge is 0.299 e. The first kappa shape index (κ1) is 8.94. The summed E-state index contributed by atoms with van der Waals surface area (Å²) in [5.74, 6) is -0.370. The minimum atomic E-state index is -0.370. The number of hydrogen-bond acceptors (Lipinski definition) is 1. The van der Waals surface area contributed by atoms with E-state index < -0.39 is 0 Å². The van der Waals surface area contributed by atoms with Gasteiger partial charge in [0.15, 0.2) is 0 Å². The molecular weight excluding hydrogens is 179 g/mol. The molecule has 3 heteroatoms. The fraction of sp³-hybridized carbons (Fsp3) is 0. The summed E-state index contributed by atoms with van der Waals surface area (Å²) in [6.07, 6.45) is 1.74. The summed E-state index contributed by atoms with van der Waals surface area (Å²) >= 11 is 5.64. The van der Waals surface area contributed by atoms with Crippen molar-refractivity contribution < 1.29 is 9.18 Å². The molecule has 0 bridgehead atoms. The predicted molar refractivity (Wildman–Crippen MR) is 46.3 cm³/mol. The van der Waals surface area contributed by atoms with Gasteiger partial charge in [-0.05, 0) is 23.8 Å². The molecule has 0 saturated heterocycles. The first-order valence-corrected chi connectivity index (χ1v) is 3.69. The summed E-state index contributed by atoms with van der Waals surface area (Å²) in [6, 6.07) is 5.74. The summed E-state index contributed by atoms with van der Waals surface area (Å²) < 4.78 is 12.6. The van der Waals surface area contributed by atoms with Crippen molar-refractivity contribution in [2.75, 3.05) is 0 Å². The summed E-state index contributed by atoms with van der Waals surface area (Å²) in [4.78, 5) is 10.0. The first-order chi connectivity index (χ1) is 5.74. The van der Waals surface area contributed by atoms with Crippen molar-refractivity contribution in [1.29, 1.82) is 0 Å². The van der Waals surface area contributed by atoms with Gasteiger partial charge in [-0.25, -0.2) is 4.39 Å². The van der Waals surface area contributed by atoms with E-state index in [0.29, 0.717) is 11.8 Å². The van der Waals surface area contributed by atoms with Gasteiger partial charge >= 0.3 is 0 Å². The van der Waals surface area contributed by atoms with Gasteiger partial charge in [-0.3, -0.25) is 4.79 Å². The lowest BCUT2D eigenvalue weighted by molar-refractivity contribution is -0.104. The smallest absolute Gasteiger partial charge is 0.144 e. The number of benzene rings is 1. The maximum absolute atomic E-state index is 12.6. The standard InChI is InChI=1S/C9H6ClFO/c10-9(4-5-12)7-2-1-3-8(11)6-7/h1-6H/b9-4-. The van der Waals surface area contributed by atoms with Crippen molar-refractivity contribution in [3.8, 4) is 0 Å². The van der Waals surface area contributed by atoms with Crippen molar-refractivity contribution in [2.45, 2.75) is 0 Å². The van der Waals surface area contributed by atoms with E-state index in [4.69, 9.17) is 11.6 Å². The van der Waals surface area contributed by atoms with Crippen LogP contribution in [0.2, 0.25) is 0 Å². The zero-order valence-electron chi connectivity index (χ0n) is 6.13. The van der Waals surface area contributed by atoms with Crippen LogP contribution in [0.25, 0.3) is 5.03 Å². The Balaban J connectivity index is 3.03. The lowest BCUT2D eigenvalue weighted by Gasteiger charge is -1.96. The van der Waals surface area contributed by atoms with E-state index in [1.165, 1.54) is 24.3 Å². The Morgan fingerprint density at radius 2 is 2.25 bits per heavy atom. The molecule has 12 heavy (non-hydrogen) atoms. The van der Waals surface area contributed by atoms with Gasteiger partial charge in [0.2, 0.25) is 0 Å². The molecule has 0 unspecified atom stereocenters. The number of hydrogen-bond donors (Lipinski definition) is 0. The summed E-state index contributed by atoms with van der Waals surface area (Å²) in [7, 11) is 0. The van der Waals surface area contributed by atoms with Crippen molar-refractivity contribution in [3.05, 3.63) is 41.7 Å². The van der Waals surface area contributed by atoms with Crippen LogP contribution < -0.4 is 0 Å². The Hall–Kier alpha value is -1.15. The number of carbonyl (C=O) groups is 1. The number of halogens is 2. The molecule has 0 saturated carbocycles. The lowest BCUT2D eigenvalue weighted by Crippen LogP contribution is -1.79. The molecule has 1 aromatic carbocycles. The number of carbonyl (C=O) groups excluding carboxylic acids is 1. The van der Waals surface area contributed by atoms with Crippen LogP contribution in [0, 0.1) is 5.82 Å². The second-order valence-electron chi connectivity index (χ2n) is 2.16. The minimum absolute atomic E-state index is 0.240. The molecule has 0 amide bonds. The van der Waals surface area contributed by atoms with Crippen molar-refractivity contribution in [3.63, 3.8) is 0 Å². The maximum Gasteiger partial charge on any atom is 0.144 e. The molecule has 0 spiro atoms. The van der Waals surface area contributed by atoms with E-state index in [0.717, 1.165) is 0 Å². The van der Waals surface area contributed by atoms with E-state index >= 15 is 0 Å². The van der Waals surface area contributed by atoms with Crippen LogP contribution >= 0.6 is 11.6 Å². The van der Waals surface area contributed by atoms with E-state index in [9.17, 15) is 9.18 Å². The van der Waals surface area contributed by atoms with E-state index in [1.54, 1.807) is 6.07 Å². The quantitative estimate of drug-likeness (QED) is 0.510. The third-order valence-electron chi connectivity index (χ3n) is 1.31. The monoisotopic (exact) mass is 184 g/mol. The highest BCUT2D eigenvalue weighted by molar-refractivity contribution is 6.49. The average Bonchev–Trinajstić information content (AvgIpc) is 2.05. The Kier molecular flexibility index (Phi) is 3.00. The van der Waals surface area contributed by atoms with Gasteiger partial charge in [-0.2, -0.15) is 0 Å². The number of aldehydes is 1. The molecule has 0 heterocycles. The molecule has 0 atom stereocenters. The van der Waals surface area contributed by atoms with E-state index in [2.05, 4.69) is 0 Å². The number of allylic oxidation sites excluding steroid dienone is 1. The van der Waals surface area contributed by atoms with Gasteiger partial charge in [0.1, 0.15) is 12.1 Å². The fourth-order valence-corrected chi connectivity index (χ4v) is 0.962. The highest BCUT2D eigenvalue weighted by atomic mass is 35.5. The Labute approximate surface area is 74.5 Å². The number of rotatable bonds is 2. The molecule has 0 aliphatic heterocycles. The van der Waals surface area contributed by atoms with Crippen molar-refractivity contribution in [1.82, 2.24) is 0 Å². The van der Waals surface area contributed by atoms with Crippen LogP contribution in [0.3, 0.4) is 0 Å². The molecule has 0 N–H and O–H groups in total. The third kappa shape index (κ3) is 2.17. The lowest BCUT2D eigenvalue weighted by atomic mass is 10.2. The molecule has 0 aromatic heterocycles. The molecule has 0 radical (unpaired) electrons. The van der Waals surface area contributed by atoms with Gasteiger partial charge in [0, 0.05) is 0 Å². The molecule has 0 aliphatic carbocycles. The molecule has 0 aliphatic rings. The van der Waals surface area contributed by atoms with Crippen LogP contribution in [0.1, 0.15) is 5.56 Å². The highest BCUT2D eigenvalue weighted by Crippen LogP contribution is 2.18. The average molecular weight is 185 g/mol. The van der Waals surface area contributed by atoms with Crippen molar-refractivity contribution in [2.24, 2.45) is 0 Å². The molecule has 1 aromatic rings. The summed E-state index contributed by atoms with van der Waals surface area (Å²) in [5, 5.41) is 0.240. The predicted octanol–water partition coefficient (Wildman–Crippen LogP) is 2.60. The van der Waals surface area contributed by atoms with Crippen LogP contribution in [0.15, 0.2) is 30.3 Å². The topological polar surface area (TPSA) is 17.1 Å². The summed E-state index contributed by atoms with van der Waals surface area (Å²) in [6.45, 7) is 0. The zero-order chi connectivity index (χ0) is 8.97. The SMILES string of the molecule is O=C/C=C(\Cl)c1cccc(F)c1. The zero-order valence-corrected chi connectivity index (χ0v) is 6.88. The Morgan fingerprint density at radius 1 is 1.50 bits per heavy atom. The van der Waals surface area contributed by atoms with Crippen molar-refractivity contribution >= 4 is 22.9 Å². The van der Waals surface area contributed by atoms with Crippen LogP contribution in [0.4, 0.5) is 4.39 Å². The summed E-state index contributed by atoms with van der Waals surface area (Å²) in [5.41, 5.74) is 0.503. The first-order valence-electron chi connectivity index (χ1n) is 3.31. The minimum Gasteiger partial charge on any atom is -0.299 e. The third-order valence-corrected chi connectivity index (χ3v) is 1.66. The Morgan fingerprint density at radius 3 is 2.83 bits per heavy atom. The van der Waals surface area contributed by atoms with E-state index in [1.807, 2.05) is 0 Å². The van der Waals surface area contributed by atoms with Gasteiger partial charge in [0.25, 0.3) is 0 Å². The fourth-order valence-electron chi connectivity index (χ4n) is 0.793. The normalized spacial score (nSPS) is 11.3. The van der Waals surface area contributed by atoms with Crippen LogP contribution in [0.5, 0.6) is 0 Å². The van der Waals surface area contributed by atoms with E-state index in [-0.39, 0.29) is 10.8 Å². The second kappa shape index (κ2) is 4.02. The molecule has 1 nitrogen and oxygen atoms in total. The van der Waals surface area contributed by atoms with Gasteiger partial charge in [0.05, 0.1) is 5.03 Å². The molecule has 1 rings (SSSR count). The maximum atomic E-state index is 12.6. The van der Waals surface area contributed by atoms with Gasteiger partial charge < -0.3 is 0 Å². The Bertz CT molecular complexity index is 320. The highest BCUT2D eigenvalue weighted by Gasteiger charge is 1.97. The van der Waals surface area contributed by atoms with Crippen LogP contribution in [-0.4, -0.2) is 6.29 Å².